The standard InChI is InChI=1S/C22H33N5O/c1-17-9-10-19(21(13-17)28-20-7-4-5-8-20)15-25-22(23-3)24-14-18(2)16-27-12-6-11-26-27/h6,9-13,18,20H,4-5,7-8,14-16H2,1-3H3,(H2,23,24,25). The molecule has 6 nitrogen and oxygen atoms in total. The van der Waals surface area contributed by atoms with Crippen LogP contribution in [0.1, 0.15) is 43.7 Å². The van der Waals surface area contributed by atoms with E-state index < -0.39 is 0 Å². The van der Waals surface area contributed by atoms with Crippen LogP contribution in [0.5, 0.6) is 5.75 Å². The second-order valence-corrected chi connectivity index (χ2v) is 7.78. The Hall–Kier alpha value is -2.50. The summed E-state index contributed by atoms with van der Waals surface area (Å²) in [6.45, 7) is 6.72. The maximum absolute atomic E-state index is 6.30. The van der Waals surface area contributed by atoms with Gasteiger partial charge in [0.25, 0.3) is 0 Å². The molecule has 0 saturated heterocycles. The van der Waals surface area contributed by atoms with Crippen LogP contribution in [-0.4, -0.2) is 35.4 Å². The molecule has 6 heteroatoms. The van der Waals surface area contributed by atoms with Crippen molar-refractivity contribution in [3.05, 3.63) is 47.8 Å². The van der Waals surface area contributed by atoms with E-state index in [0.29, 0.717) is 18.6 Å². The number of benzene rings is 1. The van der Waals surface area contributed by atoms with Crippen LogP contribution in [0.3, 0.4) is 0 Å². The molecular formula is C22H33N5O. The summed E-state index contributed by atoms with van der Waals surface area (Å²) >= 11 is 0. The Balaban J connectivity index is 1.51. The topological polar surface area (TPSA) is 63.5 Å². The lowest BCUT2D eigenvalue weighted by molar-refractivity contribution is 0.207. The lowest BCUT2D eigenvalue weighted by Gasteiger charge is -2.19. The normalized spacial score (nSPS) is 16.2. The number of hydrogen-bond acceptors (Lipinski definition) is 3. The number of nitrogens with zero attached hydrogens (tertiary/aromatic N) is 3. The van der Waals surface area contributed by atoms with Crippen LogP contribution in [-0.2, 0) is 13.1 Å². The van der Waals surface area contributed by atoms with E-state index >= 15 is 0 Å². The van der Waals surface area contributed by atoms with Gasteiger partial charge in [0.05, 0.1) is 6.10 Å². The zero-order valence-electron chi connectivity index (χ0n) is 17.3. The number of ether oxygens (including phenoxy) is 1. The molecule has 1 fully saturated rings. The summed E-state index contributed by atoms with van der Waals surface area (Å²) in [5.74, 6) is 2.25. The van der Waals surface area contributed by atoms with Gasteiger partial charge in [-0.1, -0.05) is 19.1 Å². The molecule has 1 aromatic heterocycles. The molecule has 1 atom stereocenters. The molecular weight excluding hydrogens is 350 g/mol. The van der Waals surface area contributed by atoms with Gasteiger partial charge in [0.2, 0.25) is 0 Å². The van der Waals surface area contributed by atoms with Crippen LogP contribution in [0.4, 0.5) is 0 Å². The second-order valence-electron chi connectivity index (χ2n) is 7.78. The van der Waals surface area contributed by atoms with Crippen molar-refractivity contribution in [3.8, 4) is 5.75 Å². The fourth-order valence-electron chi connectivity index (χ4n) is 3.57. The molecule has 1 unspecified atom stereocenters. The van der Waals surface area contributed by atoms with Crippen molar-refractivity contribution < 1.29 is 4.74 Å². The monoisotopic (exact) mass is 383 g/mol. The molecule has 0 bridgehead atoms. The van der Waals surface area contributed by atoms with Gasteiger partial charge in [-0.15, -0.1) is 0 Å². The third-order valence-electron chi connectivity index (χ3n) is 5.16. The Morgan fingerprint density at radius 2 is 2.14 bits per heavy atom. The average Bonchev–Trinajstić information content (AvgIpc) is 3.37. The molecule has 152 valence electrons. The first kappa shape index (κ1) is 20.2. The molecule has 0 radical (unpaired) electrons. The minimum Gasteiger partial charge on any atom is -0.490 e. The van der Waals surface area contributed by atoms with Gasteiger partial charge in [-0.3, -0.25) is 9.67 Å². The molecule has 2 N–H and O–H groups in total. The van der Waals surface area contributed by atoms with Gasteiger partial charge in [0.15, 0.2) is 5.96 Å². The Morgan fingerprint density at radius 3 is 2.86 bits per heavy atom. The molecule has 0 aliphatic heterocycles. The first-order valence-corrected chi connectivity index (χ1v) is 10.3. The van der Waals surface area contributed by atoms with Crippen LogP contribution in [0, 0.1) is 12.8 Å². The first-order chi connectivity index (χ1) is 13.6. The van der Waals surface area contributed by atoms with E-state index in [1.165, 1.54) is 24.0 Å². The highest BCUT2D eigenvalue weighted by molar-refractivity contribution is 5.79. The smallest absolute Gasteiger partial charge is 0.191 e. The predicted molar refractivity (Wildman–Crippen MR) is 114 cm³/mol. The van der Waals surface area contributed by atoms with E-state index in [0.717, 1.165) is 37.6 Å². The predicted octanol–water partition coefficient (Wildman–Crippen LogP) is 3.51. The Bertz CT molecular complexity index is 750. The molecule has 1 saturated carbocycles. The third kappa shape index (κ3) is 6.01. The Labute approximate surface area is 168 Å². The molecule has 1 aliphatic rings. The van der Waals surface area contributed by atoms with Gasteiger partial charge in [-0.2, -0.15) is 5.10 Å². The molecule has 1 aliphatic carbocycles. The van der Waals surface area contributed by atoms with E-state index in [1.54, 1.807) is 7.05 Å². The Morgan fingerprint density at radius 1 is 1.32 bits per heavy atom. The fraction of sp³-hybridized carbons (Fsp3) is 0.545. The third-order valence-corrected chi connectivity index (χ3v) is 5.16. The quantitative estimate of drug-likeness (QED) is 0.541. The number of rotatable bonds is 8. The molecule has 2 aromatic rings. The number of hydrogen-bond donors (Lipinski definition) is 2. The van der Waals surface area contributed by atoms with Crippen molar-refractivity contribution in [1.29, 1.82) is 0 Å². The van der Waals surface area contributed by atoms with Gasteiger partial charge in [0.1, 0.15) is 5.75 Å². The van der Waals surface area contributed by atoms with Crippen LogP contribution in [0.15, 0.2) is 41.7 Å². The van der Waals surface area contributed by atoms with Gasteiger partial charge in [-0.25, -0.2) is 0 Å². The highest BCUT2D eigenvalue weighted by Gasteiger charge is 2.18. The Kier molecular flexibility index (Phi) is 7.34. The fourth-order valence-corrected chi connectivity index (χ4v) is 3.57. The maximum Gasteiger partial charge on any atom is 0.191 e. The van der Waals surface area contributed by atoms with Crippen LogP contribution >= 0.6 is 0 Å². The van der Waals surface area contributed by atoms with E-state index in [4.69, 9.17) is 4.74 Å². The molecule has 0 spiro atoms. The molecule has 1 aromatic carbocycles. The minimum atomic E-state index is 0.362. The summed E-state index contributed by atoms with van der Waals surface area (Å²) in [6, 6.07) is 8.40. The van der Waals surface area contributed by atoms with Crippen LogP contribution in [0.25, 0.3) is 0 Å². The van der Waals surface area contributed by atoms with Gasteiger partial charge >= 0.3 is 0 Å². The molecule has 1 heterocycles. The minimum absolute atomic E-state index is 0.362. The summed E-state index contributed by atoms with van der Waals surface area (Å²) in [5, 5.41) is 11.1. The average molecular weight is 384 g/mol. The highest BCUT2D eigenvalue weighted by Crippen LogP contribution is 2.27. The van der Waals surface area contributed by atoms with Gasteiger partial charge < -0.3 is 15.4 Å². The van der Waals surface area contributed by atoms with Crippen molar-refractivity contribution in [2.75, 3.05) is 13.6 Å². The van der Waals surface area contributed by atoms with Crippen molar-refractivity contribution >= 4 is 5.96 Å². The van der Waals surface area contributed by atoms with Crippen molar-refractivity contribution in [2.45, 2.75) is 58.7 Å². The molecule has 28 heavy (non-hydrogen) atoms. The number of nitrogens with one attached hydrogen (secondary N) is 2. The lowest BCUT2D eigenvalue weighted by atomic mass is 10.1. The summed E-state index contributed by atoms with van der Waals surface area (Å²) in [6.07, 6.45) is 9.05. The SMILES string of the molecule is CN=C(NCc1ccc(C)cc1OC1CCCC1)NCC(C)Cn1cccn1. The number of guanidine groups is 1. The van der Waals surface area contributed by atoms with E-state index in [2.05, 4.69) is 52.8 Å². The van der Waals surface area contributed by atoms with E-state index in [1.807, 2.05) is 23.1 Å². The van der Waals surface area contributed by atoms with Crippen LogP contribution in [0.2, 0.25) is 0 Å². The lowest BCUT2D eigenvalue weighted by Crippen LogP contribution is -2.39. The highest BCUT2D eigenvalue weighted by atomic mass is 16.5. The number of aliphatic imine (C=N–C) groups is 1. The van der Waals surface area contributed by atoms with Gasteiger partial charge in [0, 0.05) is 44.6 Å². The zero-order chi connectivity index (χ0) is 19.8. The van der Waals surface area contributed by atoms with Crippen molar-refractivity contribution in [1.82, 2.24) is 20.4 Å². The summed E-state index contributed by atoms with van der Waals surface area (Å²) < 4.78 is 8.26. The summed E-state index contributed by atoms with van der Waals surface area (Å²) in [4.78, 5) is 4.35. The van der Waals surface area contributed by atoms with Crippen LogP contribution < -0.4 is 15.4 Å². The molecule has 0 amide bonds. The summed E-state index contributed by atoms with van der Waals surface area (Å²) in [7, 11) is 1.80. The largest absolute Gasteiger partial charge is 0.490 e. The molecule has 3 rings (SSSR count). The zero-order valence-corrected chi connectivity index (χ0v) is 17.3. The number of aryl methyl sites for hydroxylation is 1. The van der Waals surface area contributed by atoms with Crippen molar-refractivity contribution in [3.63, 3.8) is 0 Å². The van der Waals surface area contributed by atoms with E-state index in [-0.39, 0.29) is 0 Å². The van der Waals surface area contributed by atoms with E-state index in [9.17, 15) is 0 Å². The second kappa shape index (κ2) is 10.2. The van der Waals surface area contributed by atoms with Crippen molar-refractivity contribution in [2.24, 2.45) is 10.9 Å². The summed E-state index contributed by atoms with van der Waals surface area (Å²) in [5.41, 5.74) is 2.40. The first-order valence-electron chi connectivity index (χ1n) is 10.3. The van der Waals surface area contributed by atoms with Gasteiger partial charge in [-0.05, 0) is 56.2 Å². The number of aromatic nitrogens is 2. The maximum atomic E-state index is 6.30.